The molecule has 0 saturated carbocycles. The summed E-state index contributed by atoms with van der Waals surface area (Å²) in [7, 11) is 0. The minimum Gasteiger partial charge on any atom is -0.395 e. The molecule has 2 heterocycles. The smallest absolute Gasteiger partial charge is 0.323 e. The first-order valence-electron chi connectivity index (χ1n) is 9.85. The number of aromatic nitrogens is 2. The van der Waals surface area contributed by atoms with Gasteiger partial charge in [-0.05, 0) is 47.4 Å². The predicted molar refractivity (Wildman–Crippen MR) is 114 cm³/mol. The van der Waals surface area contributed by atoms with Gasteiger partial charge >= 0.3 is 5.69 Å². The van der Waals surface area contributed by atoms with Crippen LogP contribution in [0.25, 0.3) is 11.0 Å². The summed E-state index contributed by atoms with van der Waals surface area (Å²) in [5.41, 5.74) is 5.01. The van der Waals surface area contributed by atoms with E-state index in [4.69, 9.17) is 9.74 Å². The van der Waals surface area contributed by atoms with Crippen molar-refractivity contribution in [1.29, 1.82) is 0 Å². The molecule has 1 saturated heterocycles. The van der Waals surface area contributed by atoms with Crippen LogP contribution in [0.5, 0.6) is 0 Å². The Hall–Kier alpha value is -3.40. The standard InChI is InChI=1S/C20H24N6O4/c1-13-3-4-14(2)16(11-13)24-6-8-25(9-7-24)17-12-15(21-5-10-27)20(26(28)29)19-18(17)22-30-23-19/h3-4,11-12,21,27H,5-10H2,1-2H3. The van der Waals surface area contributed by atoms with Crippen LogP contribution in [-0.2, 0) is 0 Å². The Bertz CT molecular complexity index is 1070. The van der Waals surface area contributed by atoms with Gasteiger partial charge in [0.2, 0.25) is 5.52 Å². The molecule has 158 valence electrons. The minimum absolute atomic E-state index is 0.106. The van der Waals surface area contributed by atoms with Gasteiger partial charge in [-0.15, -0.1) is 0 Å². The third-order valence-corrected chi connectivity index (χ3v) is 5.43. The summed E-state index contributed by atoms with van der Waals surface area (Å²) in [4.78, 5) is 15.6. The van der Waals surface area contributed by atoms with Crippen LogP contribution in [0, 0.1) is 24.0 Å². The van der Waals surface area contributed by atoms with Gasteiger partial charge in [0.05, 0.1) is 17.2 Å². The summed E-state index contributed by atoms with van der Waals surface area (Å²) in [6.45, 7) is 7.33. The highest BCUT2D eigenvalue weighted by Gasteiger charge is 2.29. The fourth-order valence-corrected chi connectivity index (χ4v) is 3.91. The number of piperazine rings is 1. The highest BCUT2D eigenvalue weighted by atomic mass is 16.6. The molecule has 1 aliphatic rings. The molecule has 1 fully saturated rings. The fourth-order valence-electron chi connectivity index (χ4n) is 3.91. The van der Waals surface area contributed by atoms with E-state index in [0.717, 1.165) is 31.9 Å². The average molecular weight is 412 g/mol. The van der Waals surface area contributed by atoms with E-state index >= 15 is 0 Å². The molecular weight excluding hydrogens is 388 g/mol. The molecule has 2 N–H and O–H groups in total. The van der Waals surface area contributed by atoms with Gasteiger partial charge in [-0.3, -0.25) is 10.1 Å². The molecule has 0 amide bonds. The molecule has 1 aromatic heterocycles. The number of benzene rings is 2. The maximum Gasteiger partial charge on any atom is 0.323 e. The number of nitrogens with zero attached hydrogens (tertiary/aromatic N) is 5. The molecule has 10 nitrogen and oxygen atoms in total. The molecule has 30 heavy (non-hydrogen) atoms. The van der Waals surface area contributed by atoms with E-state index in [-0.39, 0.29) is 24.4 Å². The number of aryl methyl sites for hydroxylation is 2. The Labute approximate surface area is 173 Å². The van der Waals surface area contributed by atoms with Crippen molar-refractivity contribution >= 4 is 33.8 Å². The van der Waals surface area contributed by atoms with Crippen LogP contribution in [0.15, 0.2) is 28.9 Å². The zero-order valence-corrected chi connectivity index (χ0v) is 17.0. The highest BCUT2D eigenvalue weighted by molar-refractivity contribution is 5.99. The van der Waals surface area contributed by atoms with Gasteiger partial charge < -0.3 is 20.2 Å². The first kappa shape index (κ1) is 19.9. The van der Waals surface area contributed by atoms with Crippen molar-refractivity contribution in [2.24, 2.45) is 0 Å². The second kappa shape index (κ2) is 8.15. The second-order valence-electron chi connectivity index (χ2n) is 7.42. The second-order valence-corrected chi connectivity index (χ2v) is 7.42. The van der Waals surface area contributed by atoms with E-state index in [1.165, 1.54) is 16.8 Å². The van der Waals surface area contributed by atoms with Crippen molar-refractivity contribution in [1.82, 2.24) is 10.3 Å². The summed E-state index contributed by atoms with van der Waals surface area (Å²) < 4.78 is 4.85. The van der Waals surface area contributed by atoms with Gasteiger partial charge in [-0.25, -0.2) is 4.63 Å². The third kappa shape index (κ3) is 3.61. The molecule has 0 unspecified atom stereocenters. The van der Waals surface area contributed by atoms with E-state index in [9.17, 15) is 10.1 Å². The summed E-state index contributed by atoms with van der Waals surface area (Å²) >= 11 is 0. The summed E-state index contributed by atoms with van der Waals surface area (Å²) in [6, 6.07) is 8.15. The molecule has 0 atom stereocenters. The number of anilines is 3. The van der Waals surface area contributed by atoms with Crippen molar-refractivity contribution in [3.05, 3.63) is 45.5 Å². The maximum atomic E-state index is 11.6. The number of aliphatic hydroxyl groups is 1. The van der Waals surface area contributed by atoms with Crippen LogP contribution in [0.4, 0.5) is 22.7 Å². The third-order valence-electron chi connectivity index (χ3n) is 5.43. The predicted octanol–water partition coefficient (Wildman–Crippen LogP) is 2.48. The summed E-state index contributed by atoms with van der Waals surface area (Å²) in [5, 5.41) is 31.4. The van der Waals surface area contributed by atoms with E-state index in [2.05, 4.69) is 57.5 Å². The molecule has 0 spiro atoms. The Morgan fingerprint density at radius 2 is 1.77 bits per heavy atom. The minimum atomic E-state index is -0.505. The number of aliphatic hydroxyl groups excluding tert-OH is 1. The number of nitro groups is 1. The first-order chi connectivity index (χ1) is 14.5. The lowest BCUT2D eigenvalue weighted by atomic mass is 10.1. The lowest BCUT2D eigenvalue weighted by molar-refractivity contribution is -0.382. The van der Waals surface area contributed by atoms with E-state index in [1.54, 1.807) is 6.07 Å². The zero-order chi connectivity index (χ0) is 21.3. The maximum absolute atomic E-state index is 11.6. The van der Waals surface area contributed by atoms with Crippen LogP contribution < -0.4 is 15.1 Å². The fraction of sp³-hybridized carbons (Fsp3) is 0.400. The monoisotopic (exact) mass is 412 g/mol. The van der Waals surface area contributed by atoms with E-state index in [0.29, 0.717) is 11.2 Å². The number of fused-ring (bicyclic) bond motifs is 1. The quantitative estimate of drug-likeness (QED) is 0.464. The summed E-state index contributed by atoms with van der Waals surface area (Å²) in [5.74, 6) is 0. The van der Waals surface area contributed by atoms with Gasteiger partial charge in [0, 0.05) is 38.4 Å². The topological polar surface area (TPSA) is 121 Å². The molecule has 0 aliphatic carbocycles. The molecule has 0 radical (unpaired) electrons. The number of rotatable bonds is 6. The Kier molecular flexibility index (Phi) is 5.40. The molecule has 10 heteroatoms. The number of hydrogen-bond donors (Lipinski definition) is 2. The van der Waals surface area contributed by atoms with Crippen LogP contribution >= 0.6 is 0 Å². The van der Waals surface area contributed by atoms with Gasteiger partial charge in [-0.1, -0.05) is 12.1 Å². The summed E-state index contributed by atoms with van der Waals surface area (Å²) in [6.07, 6.45) is 0. The van der Waals surface area contributed by atoms with Gasteiger partial charge in [0.1, 0.15) is 5.69 Å². The first-order valence-corrected chi connectivity index (χ1v) is 9.85. The van der Waals surface area contributed by atoms with Crippen LogP contribution in [0.1, 0.15) is 11.1 Å². The molecule has 2 aromatic carbocycles. The van der Waals surface area contributed by atoms with E-state index < -0.39 is 4.92 Å². The molecule has 1 aliphatic heterocycles. The zero-order valence-electron chi connectivity index (χ0n) is 17.0. The number of nitro benzene ring substituents is 1. The Morgan fingerprint density at radius 3 is 2.43 bits per heavy atom. The van der Waals surface area contributed by atoms with Gasteiger partial charge in [-0.2, -0.15) is 0 Å². The number of nitrogens with one attached hydrogen (secondary N) is 1. The van der Waals surface area contributed by atoms with Crippen molar-refractivity contribution in [3.8, 4) is 0 Å². The van der Waals surface area contributed by atoms with Crippen molar-refractivity contribution in [2.75, 3.05) is 54.4 Å². The van der Waals surface area contributed by atoms with Crippen LogP contribution in [0.2, 0.25) is 0 Å². The number of hydrogen-bond acceptors (Lipinski definition) is 9. The van der Waals surface area contributed by atoms with Gasteiger partial charge in [0.15, 0.2) is 5.52 Å². The molecule has 3 aromatic rings. The highest BCUT2D eigenvalue weighted by Crippen LogP contribution is 2.39. The SMILES string of the molecule is Cc1ccc(C)c(N2CCN(c3cc(NCCO)c([N+](=O)[O-])c4nonc34)CC2)c1. The van der Waals surface area contributed by atoms with Crippen molar-refractivity contribution in [2.45, 2.75) is 13.8 Å². The molecular formula is C20H24N6O4. The van der Waals surface area contributed by atoms with Crippen LogP contribution in [-0.4, -0.2) is 59.7 Å². The Morgan fingerprint density at radius 1 is 1.10 bits per heavy atom. The average Bonchev–Trinajstić information content (AvgIpc) is 3.22. The largest absolute Gasteiger partial charge is 0.395 e. The normalized spacial score (nSPS) is 14.4. The van der Waals surface area contributed by atoms with Crippen LogP contribution in [0.3, 0.4) is 0 Å². The molecule has 4 rings (SSSR count). The Balaban J connectivity index is 1.64. The van der Waals surface area contributed by atoms with Crippen molar-refractivity contribution < 1.29 is 14.7 Å². The lowest BCUT2D eigenvalue weighted by Crippen LogP contribution is -2.46. The van der Waals surface area contributed by atoms with Gasteiger partial charge in [0.25, 0.3) is 0 Å². The molecule has 0 bridgehead atoms. The van der Waals surface area contributed by atoms with Crippen molar-refractivity contribution in [3.63, 3.8) is 0 Å². The lowest BCUT2D eigenvalue weighted by Gasteiger charge is -2.38. The van der Waals surface area contributed by atoms with E-state index in [1.807, 2.05) is 0 Å².